The highest BCUT2D eigenvalue weighted by molar-refractivity contribution is 5.84. The Morgan fingerprint density at radius 1 is 1.67 bits per heavy atom. The van der Waals surface area contributed by atoms with E-state index in [-0.39, 0.29) is 12.3 Å². The molecule has 1 unspecified atom stereocenters. The van der Waals surface area contributed by atoms with E-state index in [1.807, 2.05) is 6.92 Å². The van der Waals surface area contributed by atoms with Gasteiger partial charge in [0.15, 0.2) is 0 Å². The molecule has 5 heteroatoms. The number of aliphatic carboxylic acids is 1. The molecule has 0 amide bonds. The van der Waals surface area contributed by atoms with Crippen molar-refractivity contribution in [1.82, 2.24) is 0 Å². The molecule has 0 fully saturated rings. The van der Waals surface area contributed by atoms with Gasteiger partial charge in [0.2, 0.25) is 0 Å². The van der Waals surface area contributed by atoms with Crippen molar-refractivity contribution in [2.75, 3.05) is 0 Å². The van der Waals surface area contributed by atoms with E-state index in [9.17, 15) is 4.79 Å². The fourth-order valence-electron chi connectivity index (χ4n) is 0.966. The van der Waals surface area contributed by atoms with Crippen molar-refractivity contribution < 1.29 is 9.90 Å². The Kier molecular flexibility index (Phi) is 4.83. The second kappa shape index (κ2) is 5.40. The number of amidine groups is 1. The molecule has 5 nitrogen and oxygen atoms in total. The zero-order valence-electron chi connectivity index (χ0n) is 7.16. The molecule has 70 valence electrons. The Morgan fingerprint density at radius 3 is 2.58 bits per heavy atom. The van der Waals surface area contributed by atoms with Crippen LogP contribution in [-0.4, -0.2) is 16.9 Å². The number of rotatable bonds is 5. The third-order valence-electron chi connectivity index (χ3n) is 1.61. The number of nitrogens with zero attached hydrogens (tertiary/aromatic N) is 1. The number of carbonyl (C=O) groups is 1. The Labute approximate surface area is 71.4 Å². The van der Waals surface area contributed by atoms with Gasteiger partial charge >= 0.3 is 5.97 Å². The number of hydrogen-bond donors (Lipinski definition) is 3. The largest absolute Gasteiger partial charge is 0.481 e. The van der Waals surface area contributed by atoms with Gasteiger partial charge in [-0.15, -0.1) is 0 Å². The summed E-state index contributed by atoms with van der Waals surface area (Å²) in [6, 6.07) is 0. The molecule has 0 rings (SSSR count). The molecule has 0 saturated heterocycles. The molecule has 0 radical (unpaired) electrons. The molecule has 0 aliphatic carbocycles. The van der Waals surface area contributed by atoms with Crippen LogP contribution in [0.1, 0.15) is 26.2 Å². The summed E-state index contributed by atoms with van der Waals surface area (Å²) in [6.45, 7) is 1.92. The van der Waals surface area contributed by atoms with Gasteiger partial charge in [-0.25, -0.2) is 0 Å². The van der Waals surface area contributed by atoms with E-state index in [0.29, 0.717) is 6.42 Å². The van der Waals surface area contributed by atoms with E-state index in [4.69, 9.17) is 16.7 Å². The van der Waals surface area contributed by atoms with Gasteiger partial charge in [-0.2, -0.15) is 5.10 Å². The summed E-state index contributed by atoms with van der Waals surface area (Å²) in [5.41, 5.74) is 5.30. The van der Waals surface area contributed by atoms with Crippen LogP contribution in [0, 0.1) is 5.92 Å². The van der Waals surface area contributed by atoms with E-state index in [0.717, 1.165) is 6.42 Å². The monoisotopic (exact) mass is 173 g/mol. The van der Waals surface area contributed by atoms with Crippen LogP contribution in [-0.2, 0) is 4.79 Å². The van der Waals surface area contributed by atoms with Gasteiger partial charge in [0.05, 0.1) is 5.92 Å². The maximum atomic E-state index is 10.6. The predicted octanol–water partition coefficient (Wildman–Crippen LogP) is 0.108. The quantitative estimate of drug-likeness (QED) is 0.237. The van der Waals surface area contributed by atoms with E-state index < -0.39 is 11.9 Å². The van der Waals surface area contributed by atoms with Crippen LogP contribution in [0.15, 0.2) is 5.10 Å². The topological polar surface area (TPSA) is 102 Å². The van der Waals surface area contributed by atoms with Crippen molar-refractivity contribution in [3.63, 3.8) is 0 Å². The van der Waals surface area contributed by atoms with Gasteiger partial charge in [0.1, 0.15) is 5.84 Å². The Bertz CT molecular complexity index is 179. The summed E-state index contributed by atoms with van der Waals surface area (Å²) in [4.78, 5) is 10.6. The first-order chi connectivity index (χ1) is 5.61. The van der Waals surface area contributed by atoms with Crippen molar-refractivity contribution in [3.05, 3.63) is 0 Å². The lowest BCUT2D eigenvalue weighted by molar-refractivity contribution is -0.141. The lowest BCUT2D eigenvalue weighted by Crippen LogP contribution is -2.23. The summed E-state index contributed by atoms with van der Waals surface area (Å²) in [6.07, 6.45) is 1.65. The minimum atomic E-state index is -0.844. The van der Waals surface area contributed by atoms with Crippen LogP contribution in [0.3, 0.4) is 0 Å². The molecule has 0 aliphatic heterocycles. The number of hydrogen-bond acceptors (Lipinski definition) is 3. The second-order valence-corrected chi connectivity index (χ2v) is 2.65. The number of nitrogens with two attached hydrogens (primary N) is 2. The second-order valence-electron chi connectivity index (χ2n) is 2.65. The van der Waals surface area contributed by atoms with Gasteiger partial charge in [-0.05, 0) is 6.42 Å². The average Bonchev–Trinajstić information content (AvgIpc) is 2.03. The Morgan fingerprint density at radius 2 is 2.25 bits per heavy atom. The minimum absolute atomic E-state index is 0.191. The molecule has 0 aliphatic rings. The SMILES string of the molecule is CCCC(C/C(N)=N/N)C(=O)O. The third-order valence-corrected chi connectivity index (χ3v) is 1.61. The molecular weight excluding hydrogens is 158 g/mol. The minimum Gasteiger partial charge on any atom is -0.481 e. The van der Waals surface area contributed by atoms with Gasteiger partial charge in [-0.1, -0.05) is 13.3 Å². The third kappa shape index (κ3) is 3.80. The first kappa shape index (κ1) is 10.7. The fraction of sp³-hybridized carbons (Fsp3) is 0.714. The lowest BCUT2D eigenvalue weighted by Gasteiger charge is -2.09. The molecule has 0 bridgehead atoms. The summed E-state index contributed by atoms with van der Waals surface area (Å²) in [7, 11) is 0. The average molecular weight is 173 g/mol. The highest BCUT2D eigenvalue weighted by Crippen LogP contribution is 2.10. The van der Waals surface area contributed by atoms with Crippen LogP contribution in [0.4, 0.5) is 0 Å². The van der Waals surface area contributed by atoms with Crippen LogP contribution in [0.5, 0.6) is 0 Å². The van der Waals surface area contributed by atoms with Crippen molar-refractivity contribution in [3.8, 4) is 0 Å². The summed E-state index contributed by atoms with van der Waals surface area (Å²) < 4.78 is 0. The van der Waals surface area contributed by atoms with E-state index >= 15 is 0 Å². The zero-order chi connectivity index (χ0) is 9.56. The van der Waals surface area contributed by atoms with E-state index in [1.165, 1.54) is 0 Å². The van der Waals surface area contributed by atoms with Gasteiger partial charge in [-0.3, -0.25) is 4.79 Å². The molecule has 12 heavy (non-hydrogen) atoms. The highest BCUT2D eigenvalue weighted by atomic mass is 16.4. The number of hydrazone groups is 1. The number of carboxylic acids is 1. The molecule has 5 N–H and O–H groups in total. The first-order valence-corrected chi connectivity index (χ1v) is 3.86. The van der Waals surface area contributed by atoms with Crippen molar-refractivity contribution >= 4 is 11.8 Å². The van der Waals surface area contributed by atoms with Gasteiger partial charge < -0.3 is 16.7 Å². The Balaban J connectivity index is 4.04. The molecule has 1 atom stereocenters. The molecule has 0 aromatic carbocycles. The van der Waals surface area contributed by atoms with Crippen LogP contribution >= 0.6 is 0 Å². The molecule has 0 aromatic rings. The standard InChI is InChI=1S/C7H15N3O2/c1-2-3-5(7(11)12)4-6(8)10-9/h5H,2-4,9H2,1H3,(H2,8,10)(H,11,12). The highest BCUT2D eigenvalue weighted by Gasteiger charge is 2.17. The molecule has 0 saturated carbocycles. The Hall–Kier alpha value is -1.26. The van der Waals surface area contributed by atoms with Crippen molar-refractivity contribution in [1.29, 1.82) is 0 Å². The van der Waals surface area contributed by atoms with E-state index in [2.05, 4.69) is 5.10 Å². The fourth-order valence-corrected chi connectivity index (χ4v) is 0.966. The lowest BCUT2D eigenvalue weighted by atomic mass is 10.00. The molecule has 0 aromatic heterocycles. The van der Waals surface area contributed by atoms with Gasteiger partial charge in [0.25, 0.3) is 0 Å². The maximum absolute atomic E-state index is 10.6. The predicted molar refractivity (Wildman–Crippen MR) is 46.5 cm³/mol. The summed E-state index contributed by atoms with van der Waals surface area (Å²) in [5, 5.41) is 11.9. The van der Waals surface area contributed by atoms with Crippen LogP contribution in [0.2, 0.25) is 0 Å². The number of carboxylic acid groups (broad SMARTS) is 1. The van der Waals surface area contributed by atoms with E-state index in [1.54, 1.807) is 0 Å². The smallest absolute Gasteiger partial charge is 0.306 e. The first-order valence-electron chi connectivity index (χ1n) is 3.86. The maximum Gasteiger partial charge on any atom is 0.306 e. The van der Waals surface area contributed by atoms with Crippen molar-refractivity contribution in [2.45, 2.75) is 26.2 Å². The van der Waals surface area contributed by atoms with Crippen LogP contribution in [0.25, 0.3) is 0 Å². The summed E-state index contributed by atoms with van der Waals surface area (Å²) in [5.74, 6) is 3.78. The van der Waals surface area contributed by atoms with Crippen molar-refractivity contribution in [2.24, 2.45) is 22.6 Å². The molecule has 0 spiro atoms. The summed E-state index contributed by atoms with van der Waals surface area (Å²) >= 11 is 0. The van der Waals surface area contributed by atoms with Crippen LogP contribution < -0.4 is 11.6 Å². The zero-order valence-corrected chi connectivity index (χ0v) is 7.16. The molecule has 0 heterocycles. The normalized spacial score (nSPS) is 14.2. The van der Waals surface area contributed by atoms with Gasteiger partial charge in [0, 0.05) is 6.42 Å². The molecular formula is C7H15N3O2.